The standard InChI is InChI=1S/C12H17ClN2O2/c1-12(2,8-13)15(3)11(16)9-6-5-7-14-10(9)17-4/h5-7H,8H2,1-4H3. The van der Waals surface area contributed by atoms with Crippen molar-refractivity contribution in [1.29, 1.82) is 0 Å². The summed E-state index contributed by atoms with van der Waals surface area (Å²) in [7, 11) is 3.21. The van der Waals surface area contributed by atoms with Crippen molar-refractivity contribution in [3.8, 4) is 5.88 Å². The van der Waals surface area contributed by atoms with Crippen LogP contribution in [0, 0.1) is 0 Å². The van der Waals surface area contributed by atoms with Crippen molar-refractivity contribution in [3.63, 3.8) is 0 Å². The molecule has 94 valence electrons. The number of carbonyl (C=O) groups is 1. The number of rotatable bonds is 4. The number of carbonyl (C=O) groups excluding carboxylic acids is 1. The van der Waals surface area contributed by atoms with E-state index in [2.05, 4.69) is 4.98 Å². The average molecular weight is 257 g/mol. The molecule has 0 saturated heterocycles. The van der Waals surface area contributed by atoms with Gasteiger partial charge in [0.2, 0.25) is 5.88 Å². The summed E-state index contributed by atoms with van der Waals surface area (Å²) in [5, 5.41) is 0. The maximum atomic E-state index is 12.3. The Bertz CT molecular complexity index is 407. The minimum absolute atomic E-state index is 0.152. The summed E-state index contributed by atoms with van der Waals surface area (Å²) in [4.78, 5) is 17.9. The van der Waals surface area contributed by atoms with Gasteiger partial charge in [0, 0.05) is 19.1 Å². The van der Waals surface area contributed by atoms with E-state index in [1.165, 1.54) is 7.11 Å². The Morgan fingerprint density at radius 1 is 1.59 bits per heavy atom. The molecule has 0 radical (unpaired) electrons. The Morgan fingerprint density at radius 2 is 2.24 bits per heavy atom. The molecule has 1 amide bonds. The maximum absolute atomic E-state index is 12.3. The Hall–Kier alpha value is -1.29. The van der Waals surface area contributed by atoms with Gasteiger partial charge in [0.1, 0.15) is 5.56 Å². The van der Waals surface area contributed by atoms with Gasteiger partial charge in [0.05, 0.1) is 12.6 Å². The Labute approximate surface area is 107 Å². The molecule has 0 aliphatic rings. The fourth-order valence-electron chi connectivity index (χ4n) is 1.26. The van der Waals surface area contributed by atoms with Gasteiger partial charge >= 0.3 is 0 Å². The van der Waals surface area contributed by atoms with E-state index in [0.29, 0.717) is 17.3 Å². The number of hydrogen-bond acceptors (Lipinski definition) is 3. The van der Waals surface area contributed by atoms with Gasteiger partial charge < -0.3 is 9.64 Å². The van der Waals surface area contributed by atoms with Gasteiger partial charge in [-0.2, -0.15) is 0 Å². The zero-order valence-corrected chi connectivity index (χ0v) is 11.3. The van der Waals surface area contributed by atoms with Crippen LogP contribution in [-0.2, 0) is 0 Å². The summed E-state index contributed by atoms with van der Waals surface area (Å²) >= 11 is 5.85. The lowest BCUT2D eigenvalue weighted by Gasteiger charge is -2.34. The molecule has 0 spiro atoms. The van der Waals surface area contributed by atoms with Gasteiger partial charge in [-0.25, -0.2) is 4.98 Å². The van der Waals surface area contributed by atoms with E-state index in [4.69, 9.17) is 16.3 Å². The quantitative estimate of drug-likeness (QED) is 0.776. The highest BCUT2D eigenvalue weighted by molar-refractivity contribution is 6.18. The Balaban J connectivity index is 3.04. The molecule has 17 heavy (non-hydrogen) atoms. The second kappa shape index (κ2) is 5.36. The molecule has 0 saturated carbocycles. The third-order valence-electron chi connectivity index (χ3n) is 2.73. The molecule has 0 N–H and O–H groups in total. The maximum Gasteiger partial charge on any atom is 0.259 e. The van der Waals surface area contributed by atoms with Crippen molar-refractivity contribution in [3.05, 3.63) is 23.9 Å². The number of methoxy groups -OCH3 is 1. The molecule has 1 heterocycles. The number of hydrogen-bond donors (Lipinski definition) is 0. The van der Waals surface area contributed by atoms with Crippen LogP contribution in [0.5, 0.6) is 5.88 Å². The van der Waals surface area contributed by atoms with Gasteiger partial charge in [-0.1, -0.05) is 0 Å². The molecule has 1 rings (SSSR count). The molecular weight excluding hydrogens is 240 g/mol. The highest BCUT2D eigenvalue weighted by Gasteiger charge is 2.29. The van der Waals surface area contributed by atoms with Crippen molar-refractivity contribution < 1.29 is 9.53 Å². The Morgan fingerprint density at radius 3 is 2.76 bits per heavy atom. The highest BCUT2D eigenvalue weighted by Crippen LogP contribution is 2.21. The zero-order chi connectivity index (χ0) is 13.1. The van der Waals surface area contributed by atoms with Crippen molar-refractivity contribution >= 4 is 17.5 Å². The minimum atomic E-state index is -0.417. The number of nitrogens with zero attached hydrogens (tertiary/aromatic N) is 2. The van der Waals surface area contributed by atoms with Crippen LogP contribution in [0.3, 0.4) is 0 Å². The van der Waals surface area contributed by atoms with Crippen LogP contribution < -0.4 is 4.74 Å². The van der Waals surface area contributed by atoms with E-state index >= 15 is 0 Å². The first-order valence-corrected chi connectivity index (χ1v) is 5.80. The molecule has 5 heteroatoms. The number of ether oxygens (including phenoxy) is 1. The molecule has 0 unspecified atom stereocenters. The summed E-state index contributed by atoms with van der Waals surface area (Å²) in [5.74, 6) is 0.535. The molecule has 0 fully saturated rings. The first-order valence-electron chi connectivity index (χ1n) is 5.27. The van der Waals surface area contributed by atoms with Crippen LogP contribution >= 0.6 is 11.6 Å². The summed E-state index contributed by atoms with van der Waals surface area (Å²) in [6.45, 7) is 3.81. The molecule has 0 aliphatic carbocycles. The van der Waals surface area contributed by atoms with Crippen molar-refractivity contribution in [2.24, 2.45) is 0 Å². The number of halogens is 1. The van der Waals surface area contributed by atoms with Gasteiger partial charge in [-0.05, 0) is 26.0 Å². The molecular formula is C12H17ClN2O2. The van der Waals surface area contributed by atoms with Crippen LogP contribution in [0.1, 0.15) is 24.2 Å². The van der Waals surface area contributed by atoms with Gasteiger partial charge in [-0.15, -0.1) is 11.6 Å². The molecule has 0 atom stereocenters. The fraction of sp³-hybridized carbons (Fsp3) is 0.500. The van der Waals surface area contributed by atoms with E-state index in [9.17, 15) is 4.79 Å². The fourth-order valence-corrected chi connectivity index (χ4v) is 1.44. The first kappa shape index (κ1) is 13.8. The summed E-state index contributed by atoms with van der Waals surface area (Å²) in [5.41, 5.74) is 0.0233. The number of alkyl halides is 1. The van der Waals surface area contributed by atoms with Crippen LogP contribution in [0.4, 0.5) is 0 Å². The van der Waals surface area contributed by atoms with E-state index < -0.39 is 5.54 Å². The van der Waals surface area contributed by atoms with E-state index in [1.54, 1.807) is 30.3 Å². The predicted octanol–water partition coefficient (Wildman–Crippen LogP) is 2.18. The largest absolute Gasteiger partial charge is 0.480 e. The molecule has 1 aromatic heterocycles. The van der Waals surface area contributed by atoms with Crippen LogP contribution in [0.15, 0.2) is 18.3 Å². The lowest BCUT2D eigenvalue weighted by Crippen LogP contribution is -2.46. The lowest BCUT2D eigenvalue weighted by molar-refractivity contribution is 0.0656. The average Bonchev–Trinajstić information content (AvgIpc) is 2.36. The Kier molecular flexibility index (Phi) is 4.34. The smallest absolute Gasteiger partial charge is 0.259 e. The van der Waals surface area contributed by atoms with Crippen molar-refractivity contribution in [1.82, 2.24) is 9.88 Å². The molecule has 0 bridgehead atoms. The van der Waals surface area contributed by atoms with Gasteiger partial charge in [0.25, 0.3) is 5.91 Å². The second-order valence-corrected chi connectivity index (χ2v) is 4.64. The normalized spacial score (nSPS) is 11.1. The van der Waals surface area contributed by atoms with Crippen LogP contribution in [0.2, 0.25) is 0 Å². The second-order valence-electron chi connectivity index (χ2n) is 4.37. The van der Waals surface area contributed by atoms with E-state index in [0.717, 1.165) is 0 Å². The highest BCUT2D eigenvalue weighted by atomic mass is 35.5. The number of pyridine rings is 1. The monoisotopic (exact) mass is 256 g/mol. The summed E-state index contributed by atoms with van der Waals surface area (Å²) in [6, 6.07) is 3.40. The molecule has 0 aromatic carbocycles. The van der Waals surface area contributed by atoms with Crippen LogP contribution in [0.25, 0.3) is 0 Å². The topological polar surface area (TPSA) is 42.4 Å². The number of aromatic nitrogens is 1. The van der Waals surface area contributed by atoms with Gasteiger partial charge in [0.15, 0.2) is 0 Å². The third kappa shape index (κ3) is 2.88. The number of amides is 1. The van der Waals surface area contributed by atoms with Crippen LogP contribution in [-0.4, -0.2) is 41.4 Å². The SMILES string of the molecule is COc1ncccc1C(=O)N(C)C(C)(C)CCl. The molecule has 1 aromatic rings. The van der Waals surface area contributed by atoms with E-state index in [1.807, 2.05) is 13.8 Å². The van der Waals surface area contributed by atoms with E-state index in [-0.39, 0.29) is 5.91 Å². The lowest BCUT2D eigenvalue weighted by atomic mass is 10.1. The zero-order valence-electron chi connectivity index (χ0n) is 10.5. The van der Waals surface area contributed by atoms with Gasteiger partial charge in [-0.3, -0.25) is 4.79 Å². The van der Waals surface area contributed by atoms with Crippen molar-refractivity contribution in [2.45, 2.75) is 19.4 Å². The predicted molar refractivity (Wildman–Crippen MR) is 67.7 cm³/mol. The van der Waals surface area contributed by atoms with Crippen molar-refractivity contribution in [2.75, 3.05) is 20.0 Å². The molecule has 0 aliphatic heterocycles. The third-order valence-corrected chi connectivity index (χ3v) is 3.39. The first-order chi connectivity index (χ1) is 7.94. The minimum Gasteiger partial charge on any atom is -0.480 e. The summed E-state index contributed by atoms with van der Waals surface area (Å²) < 4.78 is 5.07. The summed E-state index contributed by atoms with van der Waals surface area (Å²) in [6.07, 6.45) is 1.59. The molecule has 4 nitrogen and oxygen atoms in total.